The molecule has 1 aromatic carbocycles. The van der Waals surface area contributed by atoms with E-state index in [0.29, 0.717) is 12.2 Å². The molecule has 2 N–H and O–H groups in total. The van der Waals surface area contributed by atoms with Crippen LogP contribution < -0.4 is 0 Å². The molecule has 0 saturated carbocycles. The second kappa shape index (κ2) is 6.56. The van der Waals surface area contributed by atoms with E-state index < -0.39 is 0 Å². The van der Waals surface area contributed by atoms with E-state index >= 15 is 0 Å². The first-order valence-corrected chi connectivity index (χ1v) is 6.20. The molecule has 0 heterocycles. The summed E-state index contributed by atoms with van der Waals surface area (Å²) in [5, 5.41) is 26.6. The van der Waals surface area contributed by atoms with Gasteiger partial charge in [-0.05, 0) is 48.4 Å². The molecular formula is C15H16N2O3. The van der Waals surface area contributed by atoms with Crippen molar-refractivity contribution in [1.82, 2.24) is 0 Å². The number of phenolic OH excluding ortho intramolecular Hbond substituents is 1. The number of methoxy groups -OCH3 is 1. The van der Waals surface area contributed by atoms with Crippen molar-refractivity contribution in [3.63, 3.8) is 0 Å². The summed E-state index contributed by atoms with van der Waals surface area (Å²) in [4.78, 5) is 0. The van der Waals surface area contributed by atoms with Gasteiger partial charge in [0.05, 0.1) is 13.3 Å². The highest BCUT2D eigenvalue weighted by molar-refractivity contribution is 5.80. The second-order valence-corrected chi connectivity index (χ2v) is 4.32. The molecule has 5 heteroatoms. The molecule has 0 spiro atoms. The molecule has 1 aliphatic rings. The number of hydrogen-bond donors (Lipinski definition) is 2. The molecule has 0 bridgehead atoms. The standard InChI is InChI=1S/C15H16N2O3/c1-20-15-8-12(4-7-14(15)19)10-17-16-9-11-2-5-13(18)6-3-11/h2-3,5-10,12,18-19H,4H2,1H3/b16-9+,17-10+. The molecule has 5 nitrogen and oxygen atoms in total. The zero-order valence-electron chi connectivity index (χ0n) is 11.1. The molecule has 0 amide bonds. The second-order valence-electron chi connectivity index (χ2n) is 4.32. The van der Waals surface area contributed by atoms with Gasteiger partial charge < -0.3 is 14.9 Å². The highest BCUT2D eigenvalue weighted by Gasteiger charge is 2.13. The molecule has 0 fully saturated rings. The molecule has 1 aliphatic carbocycles. The molecular weight excluding hydrogens is 256 g/mol. The summed E-state index contributed by atoms with van der Waals surface area (Å²) in [6, 6.07) is 6.68. The molecule has 0 aliphatic heterocycles. The Bertz CT molecular complexity index is 571. The van der Waals surface area contributed by atoms with Crippen molar-refractivity contribution in [1.29, 1.82) is 0 Å². The van der Waals surface area contributed by atoms with Gasteiger partial charge >= 0.3 is 0 Å². The van der Waals surface area contributed by atoms with Gasteiger partial charge in [-0.1, -0.05) is 0 Å². The van der Waals surface area contributed by atoms with Crippen LogP contribution in [-0.4, -0.2) is 29.8 Å². The van der Waals surface area contributed by atoms with E-state index in [1.807, 2.05) is 0 Å². The van der Waals surface area contributed by atoms with Crippen LogP contribution in [-0.2, 0) is 4.74 Å². The number of aromatic hydroxyl groups is 1. The summed E-state index contributed by atoms with van der Waals surface area (Å²) in [7, 11) is 1.51. The number of rotatable bonds is 4. The molecule has 0 saturated heterocycles. The smallest absolute Gasteiger partial charge is 0.156 e. The Kier molecular flexibility index (Phi) is 4.55. The van der Waals surface area contributed by atoms with Crippen LogP contribution in [0.3, 0.4) is 0 Å². The Morgan fingerprint density at radius 3 is 2.65 bits per heavy atom. The fourth-order valence-electron chi connectivity index (χ4n) is 1.76. The molecule has 0 radical (unpaired) electrons. The Balaban J connectivity index is 1.94. The lowest BCUT2D eigenvalue weighted by molar-refractivity contribution is 0.249. The lowest BCUT2D eigenvalue weighted by Crippen LogP contribution is -2.06. The van der Waals surface area contributed by atoms with Crippen molar-refractivity contribution in [2.24, 2.45) is 16.1 Å². The van der Waals surface area contributed by atoms with E-state index in [4.69, 9.17) is 9.84 Å². The fourth-order valence-corrected chi connectivity index (χ4v) is 1.76. The predicted molar refractivity (Wildman–Crippen MR) is 78.1 cm³/mol. The fraction of sp³-hybridized carbons (Fsp3) is 0.200. The Labute approximate surface area is 117 Å². The molecule has 2 rings (SSSR count). The van der Waals surface area contributed by atoms with Crippen molar-refractivity contribution in [2.75, 3.05) is 7.11 Å². The number of hydrogen-bond acceptors (Lipinski definition) is 5. The third-order valence-corrected chi connectivity index (χ3v) is 2.85. The first-order chi connectivity index (χ1) is 9.69. The summed E-state index contributed by atoms with van der Waals surface area (Å²) in [5.41, 5.74) is 0.856. The molecule has 1 aromatic rings. The van der Waals surface area contributed by atoms with Gasteiger partial charge in [-0.25, -0.2) is 0 Å². The van der Waals surface area contributed by atoms with Crippen molar-refractivity contribution in [3.05, 3.63) is 53.5 Å². The Morgan fingerprint density at radius 1 is 1.20 bits per heavy atom. The third kappa shape index (κ3) is 3.71. The van der Waals surface area contributed by atoms with Gasteiger partial charge in [-0.3, -0.25) is 0 Å². The summed E-state index contributed by atoms with van der Waals surface area (Å²) in [6.45, 7) is 0. The summed E-state index contributed by atoms with van der Waals surface area (Å²) in [5.74, 6) is 0.884. The maximum absolute atomic E-state index is 9.50. The largest absolute Gasteiger partial charge is 0.508 e. The number of aliphatic hydroxyl groups excluding tert-OH is 1. The quantitative estimate of drug-likeness (QED) is 0.653. The van der Waals surface area contributed by atoms with Crippen molar-refractivity contribution in [3.8, 4) is 5.75 Å². The highest BCUT2D eigenvalue weighted by atomic mass is 16.5. The van der Waals surface area contributed by atoms with Crippen molar-refractivity contribution in [2.45, 2.75) is 6.42 Å². The molecule has 1 unspecified atom stereocenters. The minimum atomic E-state index is 0.0535. The first kappa shape index (κ1) is 13.9. The van der Waals surface area contributed by atoms with E-state index in [2.05, 4.69) is 10.2 Å². The topological polar surface area (TPSA) is 74.4 Å². The number of allylic oxidation sites excluding steroid dienone is 2. The zero-order chi connectivity index (χ0) is 14.4. The molecule has 20 heavy (non-hydrogen) atoms. The minimum absolute atomic E-state index is 0.0535. The average molecular weight is 272 g/mol. The summed E-state index contributed by atoms with van der Waals surface area (Å²) >= 11 is 0. The van der Waals surface area contributed by atoms with E-state index in [1.165, 1.54) is 7.11 Å². The average Bonchev–Trinajstić information content (AvgIpc) is 2.47. The van der Waals surface area contributed by atoms with Crippen LogP contribution in [0.1, 0.15) is 12.0 Å². The van der Waals surface area contributed by atoms with Gasteiger partial charge in [0.15, 0.2) is 11.5 Å². The van der Waals surface area contributed by atoms with E-state index in [0.717, 1.165) is 5.56 Å². The van der Waals surface area contributed by atoms with Crippen LogP contribution >= 0.6 is 0 Å². The number of aliphatic hydroxyl groups is 1. The monoisotopic (exact) mass is 272 g/mol. The molecule has 104 valence electrons. The number of nitrogens with zero attached hydrogens (tertiary/aromatic N) is 2. The zero-order valence-corrected chi connectivity index (χ0v) is 11.1. The summed E-state index contributed by atoms with van der Waals surface area (Å²) in [6.07, 6.45) is 7.46. The normalized spacial score (nSPS) is 19.1. The van der Waals surface area contributed by atoms with Crippen molar-refractivity contribution >= 4 is 12.4 Å². The number of benzene rings is 1. The number of phenols is 1. The van der Waals surface area contributed by atoms with E-state index in [-0.39, 0.29) is 17.4 Å². The van der Waals surface area contributed by atoms with Crippen LogP contribution in [0, 0.1) is 5.92 Å². The van der Waals surface area contributed by atoms with Gasteiger partial charge in [0.25, 0.3) is 0 Å². The Hall–Kier alpha value is -2.56. The maximum atomic E-state index is 9.50. The van der Waals surface area contributed by atoms with Gasteiger partial charge in [-0.2, -0.15) is 10.2 Å². The summed E-state index contributed by atoms with van der Waals surface area (Å²) < 4.78 is 5.04. The molecule has 1 atom stereocenters. The van der Waals surface area contributed by atoms with Gasteiger partial charge in [-0.15, -0.1) is 0 Å². The molecule has 0 aromatic heterocycles. The van der Waals surface area contributed by atoms with Gasteiger partial charge in [0.2, 0.25) is 0 Å². The van der Waals surface area contributed by atoms with Crippen molar-refractivity contribution < 1.29 is 14.9 Å². The Morgan fingerprint density at radius 2 is 1.95 bits per heavy atom. The van der Waals surface area contributed by atoms with Crippen LogP contribution in [0.5, 0.6) is 5.75 Å². The lowest BCUT2D eigenvalue weighted by Gasteiger charge is -2.13. The number of ether oxygens (including phenoxy) is 1. The predicted octanol–water partition coefficient (Wildman–Crippen LogP) is 2.79. The van der Waals surface area contributed by atoms with Crippen LogP contribution in [0.2, 0.25) is 0 Å². The highest BCUT2D eigenvalue weighted by Crippen LogP contribution is 2.20. The van der Waals surface area contributed by atoms with Crippen LogP contribution in [0.4, 0.5) is 0 Å². The van der Waals surface area contributed by atoms with Crippen LogP contribution in [0.15, 0.2) is 58.1 Å². The lowest BCUT2D eigenvalue weighted by atomic mass is 10.0. The first-order valence-electron chi connectivity index (χ1n) is 6.20. The SMILES string of the molecule is COC1=CC(/C=N/N=C/c2ccc(O)cc2)CC=C1O. The van der Waals surface area contributed by atoms with Gasteiger partial charge in [0, 0.05) is 12.1 Å². The van der Waals surface area contributed by atoms with Gasteiger partial charge in [0.1, 0.15) is 5.75 Å². The minimum Gasteiger partial charge on any atom is -0.508 e. The van der Waals surface area contributed by atoms with Crippen LogP contribution in [0.25, 0.3) is 0 Å². The van der Waals surface area contributed by atoms with E-state index in [1.54, 1.807) is 48.8 Å². The third-order valence-electron chi connectivity index (χ3n) is 2.85. The van der Waals surface area contributed by atoms with E-state index in [9.17, 15) is 5.11 Å². The maximum Gasteiger partial charge on any atom is 0.156 e.